The van der Waals surface area contributed by atoms with Gasteiger partial charge in [0.25, 0.3) is 0 Å². The normalized spacial score (nSPS) is 17.8. The van der Waals surface area contributed by atoms with Gasteiger partial charge in [0, 0.05) is 30.3 Å². The highest BCUT2D eigenvalue weighted by Gasteiger charge is 2.41. The van der Waals surface area contributed by atoms with E-state index in [9.17, 15) is 0 Å². The summed E-state index contributed by atoms with van der Waals surface area (Å²) in [5, 5.41) is 4.28. The number of para-hydroxylation sites is 1. The van der Waals surface area contributed by atoms with Gasteiger partial charge in [-0.2, -0.15) is 0 Å². The van der Waals surface area contributed by atoms with Crippen molar-refractivity contribution in [3.05, 3.63) is 114 Å². The molecule has 2 atom stereocenters. The molecule has 166 valence electrons. The van der Waals surface area contributed by atoms with Gasteiger partial charge in [-0.25, -0.2) is 0 Å². The van der Waals surface area contributed by atoms with E-state index in [1.807, 2.05) is 30.5 Å². The third kappa shape index (κ3) is 4.10. The summed E-state index contributed by atoms with van der Waals surface area (Å²) in [7, 11) is 1.68. The fourth-order valence-electron chi connectivity index (χ4n) is 4.51. The number of aryl methyl sites for hydroxylation is 1. The van der Waals surface area contributed by atoms with E-state index >= 15 is 0 Å². The molecular weight excluding hydrogens is 428 g/mol. The van der Waals surface area contributed by atoms with Gasteiger partial charge in [0.05, 0.1) is 24.9 Å². The highest BCUT2D eigenvalue weighted by molar-refractivity contribution is 7.80. The van der Waals surface area contributed by atoms with Crippen LogP contribution in [0.3, 0.4) is 0 Å². The molecule has 6 heteroatoms. The summed E-state index contributed by atoms with van der Waals surface area (Å²) in [5.74, 6) is 0.845. The quantitative estimate of drug-likeness (QED) is 0.397. The topological polar surface area (TPSA) is 42.3 Å². The van der Waals surface area contributed by atoms with Gasteiger partial charge in [-0.15, -0.1) is 0 Å². The summed E-state index contributed by atoms with van der Waals surface area (Å²) in [6.45, 7) is 2.82. The first kappa shape index (κ1) is 21.2. The van der Waals surface area contributed by atoms with Crippen LogP contribution in [-0.2, 0) is 6.54 Å². The average molecular weight is 455 g/mol. The highest BCUT2D eigenvalue weighted by Crippen LogP contribution is 2.40. The van der Waals surface area contributed by atoms with E-state index in [4.69, 9.17) is 17.0 Å². The van der Waals surface area contributed by atoms with Gasteiger partial charge >= 0.3 is 0 Å². The summed E-state index contributed by atoms with van der Waals surface area (Å²) in [5.41, 5.74) is 5.69. The number of nitrogens with one attached hydrogen (secondary N) is 1. The maximum absolute atomic E-state index is 5.86. The molecule has 1 aliphatic heterocycles. The van der Waals surface area contributed by atoms with Gasteiger partial charge in [0.2, 0.25) is 0 Å². The van der Waals surface area contributed by atoms with E-state index in [-0.39, 0.29) is 12.1 Å². The molecule has 1 aliphatic rings. The first-order valence-electron chi connectivity index (χ1n) is 11.0. The van der Waals surface area contributed by atoms with E-state index in [0.717, 1.165) is 16.6 Å². The lowest BCUT2D eigenvalue weighted by atomic mass is 10.0. The van der Waals surface area contributed by atoms with Gasteiger partial charge in [-0.05, 0) is 72.7 Å². The van der Waals surface area contributed by atoms with E-state index in [0.29, 0.717) is 6.54 Å². The third-order valence-electron chi connectivity index (χ3n) is 6.17. The number of thiocarbonyl (C=S) groups is 1. The zero-order chi connectivity index (χ0) is 22.8. The van der Waals surface area contributed by atoms with Crippen LogP contribution in [0.4, 0.5) is 0 Å². The number of pyridine rings is 1. The standard InChI is InChI=1S/C27H26N4OS/c1-19-8-3-4-10-23(19)30-17-7-11-24(30)26-25(22-9-5-6-16-28-22)29-27(33)31(26)18-20-12-14-21(32-2)15-13-20/h3-17,25-26H,18H2,1-2H3,(H,29,33). The van der Waals surface area contributed by atoms with Crippen molar-refractivity contribution in [2.24, 2.45) is 0 Å². The Morgan fingerprint density at radius 1 is 0.970 bits per heavy atom. The lowest BCUT2D eigenvalue weighted by Gasteiger charge is -2.29. The summed E-state index contributed by atoms with van der Waals surface area (Å²) >= 11 is 5.86. The highest BCUT2D eigenvalue weighted by atomic mass is 32.1. The smallest absolute Gasteiger partial charge is 0.170 e. The molecule has 4 aromatic rings. The lowest BCUT2D eigenvalue weighted by molar-refractivity contribution is 0.302. The van der Waals surface area contributed by atoms with Crippen molar-refractivity contribution in [1.82, 2.24) is 19.8 Å². The number of hydrogen-bond acceptors (Lipinski definition) is 3. The van der Waals surface area contributed by atoms with Crippen molar-refractivity contribution in [3.63, 3.8) is 0 Å². The van der Waals surface area contributed by atoms with Gasteiger partial charge in [-0.1, -0.05) is 36.4 Å². The minimum absolute atomic E-state index is 0.0240. The Bertz CT molecular complexity index is 1250. The molecule has 2 unspecified atom stereocenters. The van der Waals surface area contributed by atoms with E-state index in [2.05, 4.69) is 87.5 Å². The van der Waals surface area contributed by atoms with Crippen LogP contribution in [0.25, 0.3) is 5.69 Å². The molecule has 0 aliphatic carbocycles. The van der Waals surface area contributed by atoms with Gasteiger partial charge in [-0.3, -0.25) is 4.98 Å². The molecule has 2 aromatic carbocycles. The molecule has 0 amide bonds. The number of ether oxygens (including phenoxy) is 1. The molecule has 5 nitrogen and oxygen atoms in total. The lowest BCUT2D eigenvalue weighted by Crippen LogP contribution is -2.30. The second-order valence-electron chi connectivity index (χ2n) is 8.19. The van der Waals surface area contributed by atoms with E-state index < -0.39 is 0 Å². The molecular formula is C27H26N4OS. The molecule has 3 heterocycles. The van der Waals surface area contributed by atoms with Crippen LogP contribution in [0.2, 0.25) is 0 Å². The maximum Gasteiger partial charge on any atom is 0.170 e. The van der Waals surface area contributed by atoms with Crippen LogP contribution in [-0.4, -0.2) is 26.7 Å². The molecule has 1 fully saturated rings. The second-order valence-corrected chi connectivity index (χ2v) is 8.58. The Labute approximate surface area is 199 Å². The van der Waals surface area contributed by atoms with E-state index in [1.165, 1.54) is 22.5 Å². The monoisotopic (exact) mass is 454 g/mol. The second kappa shape index (κ2) is 9.08. The van der Waals surface area contributed by atoms with Crippen molar-refractivity contribution in [2.75, 3.05) is 7.11 Å². The van der Waals surface area contributed by atoms with Crippen LogP contribution < -0.4 is 10.1 Å². The SMILES string of the molecule is COc1ccc(CN2C(=S)NC(c3ccccn3)C2c2cccn2-c2ccccc2C)cc1. The first-order chi connectivity index (χ1) is 16.2. The van der Waals surface area contributed by atoms with Gasteiger partial charge in [0.1, 0.15) is 5.75 Å². The molecule has 5 rings (SSSR count). The van der Waals surface area contributed by atoms with Crippen molar-refractivity contribution in [1.29, 1.82) is 0 Å². The third-order valence-corrected chi connectivity index (χ3v) is 6.52. The number of rotatable bonds is 6. The Morgan fingerprint density at radius 2 is 1.76 bits per heavy atom. The molecule has 1 N–H and O–H groups in total. The zero-order valence-electron chi connectivity index (χ0n) is 18.7. The number of benzene rings is 2. The minimum Gasteiger partial charge on any atom is -0.497 e. The first-order valence-corrected chi connectivity index (χ1v) is 11.4. The Balaban J connectivity index is 1.59. The Kier molecular flexibility index (Phi) is 5.84. The van der Waals surface area contributed by atoms with Crippen molar-refractivity contribution >= 4 is 17.3 Å². The van der Waals surface area contributed by atoms with Crippen LogP contribution >= 0.6 is 12.2 Å². The molecule has 2 aromatic heterocycles. The van der Waals surface area contributed by atoms with Crippen molar-refractivity contribution in [2.45, 2.75) is 25.6 Å². The summed E-state index contributed by atoms with van der Waals surface area (Å²) < 4.78 is 7.60. The zero-order valence-corrected chi connectivity index (χ0v) is 19.5. The fourth-order valence-corrected chi connectivity index (χ4v) is 4.82. The van der Waals surface area contributed by atoms with E-state index in [1.54, 1.807) is 7.11 Å². The predicted octanol–water partition coefficient (Wildman–Crippen LogP) is 5.36. The van der Waals surface area contributed by atoms with Crippen LogP contribution in [0, 0.1) is 6.92 Å². The number of hydrogen-bond donors (Lipinski definition) is 1. The predicted molar refractivity (Wildman–Crippen MR) is 134 cm³/mol. The number of nitrogens with zero attached hydrogens (tertiary/aromatic N) is 3. The van der Waals surface area contributed by atoms with Crippen molar-refractivity contribution in [3.8, 4) is 11.4 Å². The summed E-state index contributed by atoms with van der Waals surface area (Å²) in [6, 6.07) is 26.8. The molecule has 0 spiro atoms. The summed E-state index contributed by atoms with van der Waals surface area (Å²) in [4.78, 5) is 6.93. The maximum atomic E-state index is 5.86. The fraction of sp³-hybridized carbons (Fsp3) is 0.185. The van der Waals surface area contributed by atoms with Crippen molar-refractivity contribution < 1.29 is 4.74 Å². The van der Waals surface area contributed by atoms with Crippen LogP contribution in [0.5, 0.6) is 5.75 Å². The number of aromatic nitrogens is 2. The molecule has 33 heavy (non-hydrogen) atoms. The molecule has 0 radical (unpaired) electrons. The molecule has 1 saturated heterocycles. The van der Waals surface area contributed by atoms with Gasteiger partial charge in [0.15, 0.2) is 5.11 Å². The molecule has 0 bridgehead atoms. The molecule has 0 saturated carbocycles. The van der Waals surface area contributed by atoms with Crippen LogP contribution in [0.15, 0.2) is 91.3 Å². The minimum atomic E-state index is -0.0605. The Hall–Kier alpha value is -3.64. The van der Waals surface area contributed by atoms with Crippen LogP contribution in [0.1, 0.15) is 34.6 Å². The van der Waals surface area contributed by atoms with Gasteiger partial charge < -0.3 is 19.5 Å². The number of methoxy groups -OCH3 is 1. The summed E-state index contributed by atoms with van der Waals surface area (Å²) in [6.07, 6.45) is 3.96. The largest absolute Gasteiger partial charge is 0.497 e. The average Bonchev–Trinajstić information content (AvgIpc) is 3.45. The Morgan fingerprint density at radius 3 is 2.48 bits per heavy atom.